The molecular formula is C34H34FN3O5S. The highest BCUT2D eigenvalue weighted by molar-refractivity contribution is 7.92. The van der Waals surface area contributed by atoms with Gasteiger partial charge in [-0.2, -0.15) is 0 Å². The molecule has 1 saturated heterocycles. The van der Waals surface area contributed by atoms with Gasteiger partial charge in [0, 0.05) is 44.3 Å². The number of nitrogens with one attached hydrogen (secondary N) is 1. The zero-order valence-electron chi connectivity index (χ0n) is 25.0. The van der Waals surface area contributed by atoms with Crippen molar-refractivity contribution in [3.8, 4) is 16.9 Å². The Morgan fingerprint density at radius 2 is 1.59 bits per heavy atom. The van der Waals surface area contributed by atoms with Crippen molar-refractivity contribution in [3.05, 3.63) is 113 Å². The maximum atomic E-state index is 14.9. The quantitative estimate of drug-likeness (QED) is 0.266. The summed E-state index contributed by atoms with van der Waals surface area (Å²) in [5.41, 5.74) is 4.20. The van der Waals surface area contributed by atoms with Crippen LogP contribution in [-0.4, -0.2) is 63.3 Å². The molecule has 1 aliphatic heterocycles. The number of hydrogen-bond donors (Lipinski definition) is 1. The minimum Gasteiger partial charge on any atom is -0.488 e. The van der Waals surface area contributed by atoms with Crippen molar-refractivity contribution in [1.82, 2.24) is 9.80 Å². The van der Waals surface area contributed by atoms with Crippen molar-refractivity contribution in [1.29, 1.82) is 0 Å². The van der Waals surface area contributed by atoms with Gasteiger partial charge < -0.3 is 14.5 Å². The average molecular weight is 616 g/mol. The molecule has 10 heteroatoms. The molecule has 0 aliphatic carbocycles. The molecule has 0 unspecified atom stereocenters. The van der Waals surface area contributed by atoms with E-state index in [1.807, 2.05) is 32.0 Å². The molecule has 0 radical (unpaired) electrons. The molecule has 228 valence electrons. The molecule has 1 N–H and O–H groups in total. The van der Waals surface area contributed by atoms with Crippen LogP contribution < -0.4 is 9.46 Å². The molecule has 0 aromatic heterocycles. The highest BCUT2D eigenvalue weighted by Gasteiger charge is 2.30. The SMILES string of the molecule is Cc1cccc(C)c1C(=O)N1CC[C@H](Oc2cccc(NS(=O)(=O)c3cc(-c4cccc(C(=O)N(C)C)c4)ccc3F)c2)C1. The number of carbonyl (C=O) groups is 2. The van der Waals surface area contributed by atoms with Gasteiger partial charge in [0.25, 0.3) is 21.8 Å². The van der Waals surface area contributed by atoms with Crippen LogP contribution in [0.5, 0.6) is 5.75 Å². The van der Waals surface area contributed by atoms with Crippen molar-refractivity contribution in [2.45, 2.75) is 31.3 Å². The molecule has 8 nitrogen and oxygen atoms in total. The third kappa shape index (κ3) is 6.60. The number of halogens is 1. The number of likely N-dealkylation sites (tertiary alicyclic amines) is 1. The largest absolute Gasteiger partial charge is 0.488 e. The second-order valence-corrected chi connectivity index (χ2v) is 12.8. The smallest absolute Gasteiger partial charge is 0.264 e. The highest BCUT2D eigenvalue weighted by atomic mass is 32.2. The van der Waals surface area contributed by atoms with Crippen LogP contribution in [-0.2, 0) is 10.0 Å². The van der Waals surface area contributed by atoms with Gasteiger partial charge in [0.15, 0.2) is 0 Å². The zero-order valence-corrected chi connectivity index (χ0v) is 25.8. The molecule has 1 aliphatic rings. The minimum atomic E-state index is -4.33. The van der Waals surface area contributed by atoms with Gasteiger partial charge in [0.1, 0.15) is 22.6 Å². The highest BCUT2D eigenvalue weighted by Crippen LogP contribution is 2.29. The van der Waals surface area contributed by atoms with E-state index in [2.05, 4.69) is 4.72 Å². The second kappa shape index (κ2) is 12.5. The summed E-state index contributed by atoms with van der Waals surface area (Å²) in [6, 6.07) is 22.7. The Labute approximate surface area is 257 Å². The maximum Gasteiger partial charge on any atom is 0.264 e. The summed E-state index contributed by atoms with van der Waals surface area (Å²) in [7, 11) is -1.05. The number of sulfonamides is 1. The van der Waals surface area contributed by atoms with Gasteiger partial charge in [0.05, 0.1) is 12.2 Å². The number of rotatable bonds is 8. The summed E-state index contributed by atoms with van der Waals surface area (Å²) < 4.78 is 50.1. The molecule has 1 atom stereocenters. The van der Waals surface area contributed by atoms with Gasteiger partial charge in [0.2, 0.25) is 0 Å². The van der Waals surface area contributed by atoms with Gasteiger partial charge >= 0.3 is 0 Å². The molecule has 4 aromatic rings. The minimum absolute atomic E-state index is 0.0338. The molecule has 2 amide bonds. The van der Waals surface area contributed by atoms with Gasteiger partial charge in [-0.3, -0.25) is 14.3 Å². The number of benzene rings is 4. The van der Waals surface area contributed by atoms with E-state index in [1.165, 1.54) is 23.1 Å². The predicted molar refractivity (Wildman–Crippen MR) is 168 cm³/mol. The lowest BCUT2D eigenvalue weighted by Crippen LogP contribution is -2.31. The molecule has 4 aromatic carbocycles. The molecular weight excluding hydrogens is 581 g/mol. The molecule has 0 bridgehead atoms. The molecule has 5 rings (SSSR count). The summed E-state index contributed by atoms with van der Waals surface area (Å²) in [4.78, 5) is 28.3. The van der Waals surface area contributed by atoms with Crippen molar-refractivity contribution in [3.63, 3.8) is 0 Å². The molecule has 1 heterocycles. The van der Waals surface area contributed by atoms with E-state index in [4.69, 9.17) is 4.74 Å². The number of carbonyl (C=O) groups excluding carboxylic acids is 2. The fourth-order valence-electron chi connectivity index (χ4n) is 5.33. The van der Waals surface area contributed by atoms with Crippen LogP contribution in [0.15, 0.2) is 89.8 Å². The maximum absolute atomic E-state index is 14.9. The lowest BCUT2D eigenvalue weighted by molar-refractivity contribution is 0.0770. The molecule has 44 heavy (non-hydrogen) atoms. The van der Waals surface area contributed by atoms with Crippen molar-refractivity contribution in [2.24, 2.45) is 0 Å². The van der Waals surface area contributed by atoms with Crippen LogP contribution in [0.3, 0.4) is 0 Å². The zero-order chi connectivity index (χ0) is 31.6. The Balaban J connectivity index is 1.30. The van der Waals surface area contributed by atoms with E-state index in [9.17, 15) is 22.4 Å². The van der Waals surface area contributed by atoms with Gasteiger partial charge in [-0.15, -0.1) is 0 Å². The van der Waals surface area contributed by atoms with E-state index in [0.717, 1.165) is 17.2 Å². The first kappa shape index (κ1) is 30.7. The number of amides is 2. The number of ether oxygens (including phenoxy) is 1. The summed E-state index contributed by atoms with van der Waals surface area (Å²) >= 11 is 0. The van der Waals surface area contributed by atoms with E-state index in [1.54, 1.807) is 61.5 Å². The third-order valence-corrected chi connectivity index (χ3v) is 8.98. The second-order valence-electron chi connectivity index (χ2n) is 11.1. The number of nitrogens with zero attached hydrogens (tertiary/aromatic N) is 2. The van der Waals surface area contributed by atoms with Crippen LogP contribution in [0.4, 0.5) is 10.1 Å². The predicted octanol–water partition coefficient (Wildman–Crippen LogP) is 5.91. The Hall–Kier alpha value is -4.70. The van der Waals surface area contributed by atoms with E-state index in [0.29, 0.717) is 47.5 Å². The van der Waals surface area contributed by atoms with Crippen molar-refractivity contribution >= 4 is 27.5 Å². The Morgan fingerprint density at radius 3 is 2.32 bits per heavy atom. The Bertz CT molecular complexity index is 1820. The van der Waals surface area contributed by atoms with Gasteiger partial charge in [-0.05, 0) is 72.5 Å². The van der Waals surface area contributed by atoms with E-state index >= 15 is 0 Å². The first-order valence-electron chi connectivity index (χ1n) is 14.2. The lowest BCUT2D eigenvalue weighted by atomic mass is 10.0. The fourth-order valence-corrected chi connectivity index (χ4v) is 6.49. The van der Waals surface area contributed by atoms with Crippen LogP contribution in [0.25, 0.3) is 11.1 Å². The third-order valence-electron chi connectivity index (χ3n) is 7.59. The number of anilines is 1. The number of hydrogen-bond acceptors (Lipinski definition) is 5. The Morgan fingerprint density at radius 1 is 0.909 bits per heavy atom. The van der Waals surface area contributed by atoms with Crippen molar-refractivity contribution < 1.29 is 27.1 Å². The Kier molecular flexibility index (Phi) is 8.73. The first-order chi connectivity index (χ1) is 20.9. The van der Waals surface area contributed by atoms with Crippen molar-refractivity contribution in [2.75, 3.05) is 31.9 Å². The topological polar surface area (TPSA) is 96.0 Å². The van der Waals surface area contributed by atoms with Crippen LogP contribution in [0.1, 0.15) is 38.3 Å². The molecule has 1 fully saturated rings. The van der Waals surface area contributed by atoms with Crippen LogP contribution >= 0.6 is 0 Å². The average Bonchev–Trinajstić information content (AvgIpc) is 3.45. The van der Waals surface area contributed by atoms with Crippen LogP contribution in [0, 0.1) is 19.7 Å². The summed E-state index contributed by atoms with van der Waals surface area (Å²) in [5.74, 6) is -0.723. The van der Waals surface area contributed by atoms with Crippen LogP contribution in [0.2, 0.25) is 0 Å². The fraction of sp³-hybridized carbons (Fsp3) is 0.235. The lowest BCUT2D eigenvalue weighted by Gasteiger charge is -2.20. The first-order valence-corrected chi connectivity index (χ1v) is 15.7. The van der Waals surface area contributed by atoms with Gasteiger partial charge in [-0.1, -0.05) is 42.5 Å². The standard InChI is InChI=1S/C34H34FN3O5S/c1-22-8-5-9-23(2)32(22)34(40)38-17-16-29(21-38)43-28-13-7-12-27(20-28)36-44(41,42)31-19-25(14-15-30(31)35)24-10-6-11-26(18-24)33(39)37(3)4/h5-15,18-20,29,36H,16-17,21H2,1-4H3/t29-/m0/s1. The van der Waals surface area contributed by atoms with E-state index < -0.39 is 20.7 Å². The summed E-state index contributed by atoms with van der Waals surface area (Å²) in [5, 5.41) is 0. The van der Waals surface area contributed by atoms with E-state index in [-0.39, 0.29) is 23.6 Å². The summed E-state index contributed by atoms with van der Waals surface area (Å²) in [6.45, 7) is 4.79. The van der Waals surface area contributed by atoms with Gasteiger partial charge in [-0.25, -0.2) is 12.8 Å². The molecule has 0 spiro atoms. The molecule has 0 saturated carbocycles. The summed E-state index contributed by atoms with van der Waals surface area (Å²) in [6.07, 6.45) is 0.366. The number of aryl methyl sites for hydroxylation is 2. The normalized spacial score (nSPS) is 14.8. The monoisotopic (exact) mass is 615 g/mol.